The summed E-state index contributed by atoms with van der Waals surface area (Å²) in [5, 5.41) is 72.7. The number of hydrogen-bond acceptors (Lipinski definition) is 23. The van der Waals surface area contributed by atoms with Gasteiger partial charge in [0.2, 0.25) is 88.6 Å². The number of likely N-dealkylation sites (tertiary alicyclic amines) is 1. The third kappa shape index (κ3) is 31.9. The van der Waals surface area contributed by atoms with Crippen LogP contribution in [0.2, 0.25) is 0 Å². The lowest BCUT2D eigenvalue weighted by Gasteiger charge is -2.31. The van der Waals surface area contributed by atoms with E-state index in [4.69, 9.17) is 11.5 Å². The number of para-hydroxylation sites is 2. The number of imidazole rings is 1. The van der Waals surface area contributed by atoms with E-state index in [0.29, 0.717) is 38.9 Å². The van der Waals surface area contributed by atoms with Crippen molar-refractivity contribution in [3.63, 3.8) is 0 Å². The van der Waals surface area contributed by atoms with Crippen LogP contribution in [-0.2, 0) is 123 Å². The molecule has 0 aliphatic carbocycles. The lowest BCUT2D eigenvalue weighted by Crippen LogP contribution is -2.61. The number of aromatic nitrogens is 4. The van der Waals surface area contributed by atoms with Gasteiger partial charge in [0.25, 0.3) is 0 Å². The summed E-state index contributed by atoms with van der Waals surface area (Å²) >= 11 is 8.56. The normalized spacial score (nSPS) is 15.3. The van der Waals surface area contributed by atoms with Gasteiger partial charge in [-0.15, -0.1) is 0 Å². The zero-order valence-corrected chi connectivity index (χ0v) is 74.1. The average Bonchev–Trinajstić information content (AvgIpc) is 1.70. The molecule has 3 aromatic heterocycles. The molecule has 15 amide bonds. The Kier molecular flexibility index (Phi) is 39.6. The molecule has 0 spiro atoms. The molecule has 43 nitrogen and oxygen atoms in total. The first kappa shape index (κ1) is 103. The number of carboxylic acid groups (broad SMARTS) is 4. The van der Waals surface area contributed by atoms with Crippen molar-refractivity contribution in [1.82, 2.24) is 94.0 Å². The van der Waals surface area contributed by atoms with E-state index in [2.05, 4.69) is 114 Å². The van der Waals surface area contributed by atoms with E-state index in [-0.39, 0.29) is 69.6 Å². The number of carbonyl (C=O) groups excluding carboxylic acids is 15. The number of fused-ring (bicyclic) bond motifs is 2. The Balaban J connectivity index is 0.974. The predicted molar refractivity (Wildman–Crippen MR) is 480 cm³/mol. The molecule has 4 heterocycles. The van der Waals surface area contributed by atoms with Crippen LogP contribution in [0.1, 0.15) is 113 Å². The van der Waals surface area contributed by atoms with Crippen molar-refractivity contribution in [3.8, 4) is 0 Å². The number of aliphatic carboxylic acids is 4. The van der Waals surface area contributed by atoms with Crippen molar-refractivity contribution >= 4 is 160 Å². The molecule has 0 saturated carbocycles. The molecule has 708 valence electrons. The lowest BCUT2D eigenvalue weighted by molar-refractivity contribution is -0.144. The summed E-state index contributed by atoms with van der Waals surface area (Å²) < 4.78 is 0. The molecule has 1 fully saturated rings. The van der Waals surface area contributed by atoms with Gasteiger partial charge in [-0.05, 0) is 92.2 Å². The number of aromatic amines is 3. The zero-order valence-electron chi connectivity index (χ0n) is 72.3. The number of amides is 15. The number of carboxylic acids is 4. The molecule has 0 bridgehead atoms. The van der Waals surface area contributed by atoms with Gasteiger partial charge >= 0.3 is 23.9 Å². The number of nitrogens with two attached hydrogens (primary N) is 2. The van der Waals surface area contributed by atoms with Crippen molar-refractivity contribution in [1.29, 1.82) is 0 Å². The summed E-state index contributed by atoms with van der Waals surface area (Å²) in [7, 11) is 0. The first-order valence-electron chi connectivity index (χ1n) is 42.4. The molecule has 1 aliphatic rings. The van der Waals surface area contributed by atoms with E-state index in [1.165, 1.54) is 19.4 Å². The summed E-state index contributed by atoms with van der Waals surface area (Å²) in [6.07, 6.45) is -0.361. The number of benzene rings is 4. The number of nitrogens with one attached hydrogen (secondary N) is 16. The van der Waals surface area contributed by atoms with Crippen LogP contribution in [0, 0.1) is 5.92 Å². The van der Waals surface area contributed by atoms with Crippen molar-refractivity contribution in [2.75, 3.05) is 24.6 Å². The minimum Gasteiger partial charge on any atom is -0.481 e. The SMILES string of the molecule is CC(C)C[C@H](NC(=O)[C@H](Cc1c[nH]c2ccccc12)NC(=O)[C@@H]1CCCN1C(=O)[C@H](CCC(=O)O)NC(=O)[C@H](CCC(=O)O)NC(=O)[C@H](CCC(N)=O)NC(=O)[C@H](CS)NC(=O)[C@H](CC(=O)O)NC(=O)[C@H](C)NC(=O)[C@@H](N)Cc1c[nH]c2ccccc12)C(=O)N[C@@H](Cc1ccccc1)C(=O)N[C@@H](CS)C(=O)N[C@@H](Cc1ccccc1)C(=O)N[C@@H](Cc1cnc[nH]1)C(=O)NCC(=O)O. The average molecular weight is 1870 g/mol. The maximum absolute atomic E-state index is 15.3. The fourth-order valence-corrected chi connectivity index (χ4v) is 15.1. The Morgan fingerprint density at radius 2 is 0.848 bits per heavy atom. The largest absolute Gasteiger partial charge is 0.481 e. The molecule has 4 aromatic carbocycles. The van der Waals surface area contributed by atoms with Gasteiger partial charge in [0, 0.05) is 109 Å². The standard InChI is InChI=1S/C87H110N20O23S2/c1-45(2)31-60(79(122)101-62(33-48-17-8-5-9-18-48)81(124)105-67(43-132)85(128)102-61(32-47-15-6-4-7-16-47)80(123)103-64(36-51-40-90-44-94-51)76(119)93-41-73(115)116)100-82(125)63(35-50-39-92-56-22-13-11-20-53(50)56)104-86(129)68-23-14-30-107(68)87(130)59(26-29-71(111)112)98-78(121)58(25-28-70(109)110)96-77(120)57(24-27-69(89)108)97-84(127)66(42-131)106-83(126)65(37-72(113)114)99-74(117)46(3)95-75(118)54(88)34-49-38-91-55-21-12-10-19-52(49)55/h4-13,15-22,38-40,44-46,54,57-68,91-92,131-132H,14,23-37,41-43,88H2,1-3H3,(H2,89,108)(H,90,94)(H,93,119)(H,95,118)(H,96,120)(H,97,127)(H,98,121)(H,99,117)(H,100,125)(H,101,122)(H,102,128)(H,103,123)(H,104,129)(H,105,124)(H,106,126)(H,109,110)(H,111,112)(H,113,114)(H,115,116)/t46-,54-,57-,58-,59-,60-,61-,62-,63-,64-,65-,66-,67-,68-/m0/s1. The van der Waals surface area contributed by atoms with E-state index in [1.54, 1.807) is 123 Å². The molecular weight excluding hydrogens is 1760 g/mol. The van der Waals surface area contributed by atoms with Gasteiger partial charge in [-0.2, -0.15) is 25.3 Å². The van der Waals surface area contributed by atoms with Gasteiger partial charge < -0.3 is 121 Å². The van der Waals surface area contributed by atoms with Crippen LogP contribution in [0.3, 0.4) is 0 Å². The van der Waals surface area contributed by atoms with Gasteiger partial charge in [-0.1, -0.05) is 111 Å². The maximum Gasteiger partial charge on any atom is 0.322 e. The molecular formula is C87H110N20O23S2. The molecule has 1 aliphatic heterocycles. The Morgan fingerprint density at radius 3 is 1.33 bits per heavy atom. The van der Waals surface area contributed by atoms with Crippen LogP contribution >= 0.6 is 25.3 Å². The maximum atomic E-state index is 15.3. The monoisotopic (exact) mass is 1870 g/mol. The Morgan fingerprint density at radius 1 is 0.432 bits per heavy atom. The summed E-state index contributed by atoms with van der Waals surface area (Å²) in [5.41, 5.74) is 15.7. The Bertz CT molecular complexity index is 5270. The minimum atomic E-state index is -1.96. The fourth-order valence-electron chi connectivity index (χ4n) is 14.6. The molecule has 7 aromatic rings. The third-order valence-corrected chi connectivity index (χ3v) is 22.2. The van der Waals surface area contributed by atoms with E-state index < -0.39 is 254 Å². The second-order valence-electron chi connectivity index (χ2n) is 32.1. The highest BCUT2D eigenvalue weighted by atomic mass is 32.1. The number of rotatable bonds is 53. The van der Waals surface area contributed by atoms with E-state index >= 15 is 19.2 Å². The minimum absolute atomic E-state index is 0.0419. The number of primary amides is 1. The zero-order chi connectivity index (χ0) is 96.4. The van der Waals surface area contributed by atoms with Gasteiger partial charge in [0.15, 0.2) is 0 Å². The van der Waals surface area contributed by atoms with Crippen LogP contribution in [0.25, 0.3) is 21.8 Å². The van der Waals surface area contributed by atoms with Crippen molar-refractivity contribution in [3.05, 3.63) is 162 Å². The number of H-pyrrole nitrogens is 3. The second kappa shape index (κ2) is 50.6. The number of thiol groups is 2. The van der Waals surface area contributed by atoms with Gasteiger partial charge in [-0.3, -0.25) is 91.1 Å². The quantitative estimate of drug-likeness (QED) is 0.0177. The molecule has 0 unspecified atom stereocenters. The number of carbonyl (C=O) groups is 19. The number of nitrogens with zero attached hydrogens (tertiary/aromatic N) is 2. The Labute approximate surface area is 766 Å². The molecule has 132 heavy (non-hydrogen) atoms. The van der Waals surface area contributed by atoms with E-state index in [0.717, 1.165) is 15.8 Å². The van der Waals surface area contributed by atoms with Gasteiger partial charge in [-0.25, -0.2) is 4.98 Å². The molecule has 24 N–H and O–H groups in total. The fraction of sp³-hybridized carbons (Fsp3) is 0.425. The summed E-state index contributed by atoms with van der Waals surface area (Å²) in [4.78, 5) is 276. The van der Waals surface area contributed by atoms with E-state index in [1.807, 2.05) is 12.1 Å². The van der Waals surface area contributed by atoms with Crippen LogP contribution in [0.15, 0.2) is 134 Å². The highest BCUT2D eigenvalue weighted by molar-refractivity contribution is 7.80. The van der Waals surface area contributed by atoms with Crippen molar-refractivity contribution in [2.24, 2.45) is 17.4 Å². The van der Waals surface area contributed by atoms with Crippen LogP contribution in [0.5, 0.6) is 0 Å². The summed E-state index contributed by atoms with van der Waals surface area (Å²) in [6.45, 7) is 3.71. The summed E-state index contributed by atoms with van der Waals surface area (Å²) in [5.74, 6) is -22.7. The van der Waals surface area contributed by atoms with Crippen molar-refractivity contribution < 1.29 is 112 Å². The van der Waals surface area contributed by atoms with Gasteiger partial charge in [0.05, 0.1) is 18.8 Å². The van der Waals surface area contributed by atoms with Gasteiger partial charge in [0.1, 0.15) is 85.1 Å². The molecule has 14 atom stereocenters. The molecule has 1 saturated heterocycles. The third-order valence-electron chi connectivity index (χ3n) is 21.5. The Hall–Kier alpha value is -14.2. The van der Waals surface area contributed by atoms with Crippen LogP contribution in [0.4, 0.5) is 0 Å². The highest BCUT2D eigenvalue weighted by Gasteiger charge is 2.43. The first-order valence-corrected chi connectivity index (χ1v) is 43.7. The van der Waals surface area contributed by atoms with Crippen molar-refractivity contribution in [2.45, 2.75) is 202 Å². The predicted octanol–water partition coefficient (Wildman–Crippen LogP) is -2.38. The topological polar surface area (TPSA) is 677 Å². The number of hydrogen-bond donors (Lipinski definition) is 24. The molecule has 0 radical (unpaired) electrons. The smallest absolute Gasteiger partial charge is 0.322 e. The van der Waals surface area contributed by atoms with Crippen LogP contribution in [-0.4, -0.2) is 267 Å². The second-order valence-corrected chi connectivity index (χ2v) is 32.8. The first-order chi connectivity index (χ1) is 62.9. The highest BCUT2D eigenvalue weighted by Crippen LogP contribution is 2.25. The molecule has 45 heteroatoms. The van der Waals surface area contributed by atoms with E-state index in [9.17, 15) is 92.3 Å². The lowest BCUT2D eigenvalue weighted by atomic mass is 9.99. The molecule has 8 rings (SSSR count). The summed E-state index contributed by atoms with van der Waals surface area (Å²) in [6, 6.07) is 8.56. The van der Waals surface area contributed by atoms with Crippen LogP contribution < -0.4 is 80.6 Å².